The lowest BCUT2D eigenvalue weighted by molar-refractivity contribution is 0.0948. The summed E-state index contributed by atoms with van der Waals surface area (Å²) >= 11 is 0. The monoisotopic (exact) mass is 339 g/mol. The molecule has 0 aliphatic carbocycles. The number of hydrogen-bond donors (Lipinski definition) is 1. The van der Waals surface area contributed by atoms with Crippen molar-refractivity contribution in [2.75, 3.05) is 42.5 Å². The molecule has 0 atom stereocenters. The Morgan fingerprint density at radius 2 is 1.88 bits per heavy atom. The van der Waals surface area contributed by atoms with Gasteiger partial charge < -0.3 is 15.1 Å². The number of rotatable bonds is 5. The van der Waals surface area contributed by atoms with Gasteiger partial charge in [-0.25, -0.2) is 9.97 Å². The fourth-order valence-corrected chi connectivity index (χ4v) is 2.95. The summed E-state index contributed by atoms with van der Waals surface area (Å²) in [4.78, 5) is 25.2. The van der Waals surface area contributed by atoms with E-state index in [0.29, 0.717) is 12.2 Å². The highest BCUT2D eigenvalue weighted by Crippen LogP contribution is 2.19. The second-order valence-electron chi connectivity index (χ2n) is 6.33. The molecule has 0 unspecified atom stereocenters. The molecule has 1 amide bonds. The summed E-state index contributed by atoms with van der Waals surface area (Å²) in [5, 5.41) is 2.81. The van der Waals surface area contributed by atoms with E-state index in [1.54, 1.807) is 12.4 Å². The Morgan fingerprint density at radius 3 is 2.52 bits per heavy atom. The van der Waals surface area contributed by atoms with E-state index >= 15 is 0 Å². The lowest BCUT2D eigenvalue weighted by Crippen LogP contribution is -2.46. The summed E-state index contributed by atoms with van der Waals surface area (Å²) in [6.07, 6.45) is 4.17. The molecule has 1 N–H and O–H groups in total. The maximum atomic E-state index is 11.9. The van der Waals surface area contributed by atoms with Crippen LogP contribution in [0.15, 0.2) is 36.7 Å². The standard InChI is InChI=1S/C19H25N5O/c1-3-7-20-19(25)17-13-22-18(14-21-17)24-10-8-23(9-11-24)16-6-4-5-15(2)12-16/h4-6,12-14H,3,7-11H2,1-2H3,(H,20,25). The maximum absolute atomic E-state index is 11.9. The minimum Gasteiger partial charge on any atom is -0.368 e. The Kier molecular flexibility index (Phi) is 5.48. The molecule has 0 radical (unpaired) electrons. The summed E-state index contributed by atoms with van der Waals surface area (Å²) in [6, 6.07) is 8.60. The van der Waals surface area contributed by atoms with E-state index in [2.05, 4.69) is 56.3 Å². The highest BCUT2D eigenvalue weighted by Gasteiger charge is 2.19. The maximum Gasteiger partial charge on any atom is 0.271 e. The van der Waals surface area contributed by atoms with Gasteiger partial charge in [0.15, 0.2) is 0 Å². The summed E-state index contributed by atoms with van der Waals surface area (Å²) in [7, 11) is 0. The first-order chi connectivity index (χ1) is 12.2. The van der Waals surface area contributed by atoms with Crippen molar-refractivity contribution in [3.05, 3.63) is 47.9 Å². The van der Waals surface area contributed by atoms with Crippen LogP contribution in [0.3, 0.4) is 0 Å². The molecule has 1 fully saturated rings. The van der Waals surface area contributed by atoms with E-state index in [-0.39, 0.29) is 5.91 Å². The van der Waals surface area contributed by atoms with E-state index < -0.39 is 0 Å². The van der Waals surface area contributed by atoms with Crippen molar-refractivity contribution in [2.24, 2.45) is 0 Å². The van der Waals surface area contributed by atoms with Crippen LogP contribution in [0.25, 0.3) is 0 Å². The average Bonchev–Trinajstić information content (AvgIpc) is 2.66. The predicted molar refractivity (Wildman–Crippen MR) is 100 cm³/mol. The molecular weight excluding hydrogens is 314 g/mol. The molecule has 132 valence electrons. The average molecular weight is 339 g/mol. The summed E-state index contributed by atoms with van der Waals surface area (Å²) < 4.78 is 0. The molecule has 0 bridgehead atoms. The molecular formula is C19H25N5O. The third-order valence-electron chi connectivity index (χ3n) is 4.38. The summed E-state index contributed by atoms with van der Waals surface area (Å²) in [6.45, 7) is 8.48. The zero-order valence-electron chi connectivity index (χ0n) is 14.9. The van der Waals surface area contributed by atoms with Gasteiger partial charge in [-0.1, -0.05) is 19.1 Å². The fraction of sp³-hybridized carbons (Fsp3) is 0.421. The van der Waals surface area contributed by atoms with Gasteiger partial charge >= 0.3 is 0 Å². The highest BCUT2D eigenvalue weighted by molar-refractivity contribution is 5.91. The second-order valence-corrected chi connectivity index (χ2v) is 6.33. The Balaban J connectivity index is 1.58. The van der Waals surface area contributed by atoms with Crippen molar-refractivity contribution in [3.63, 3.8) is 0 Å². The Labute approximate surface area is 148 Å². The van der Waals surface area contributed by atoms with Crippen molar-refractivity contribution in [3.8, 4) is 0 Å². The van der Waals surface area contributed by atoms with Crippen molar-refractivity contribution in [1.29, 1.82) is 0 Å². The number of nitrogens with zero attached hydrogens (tertiary/aromatic N) is 4. The zero-order chi connectivity index (χ0) is 17.6. The van der Waals surface area contributed by atoms with Crippen LogP contribution in [-0.2, 0) is 0 Å². The minimum atomic E-state index is -0.162. The van der Waals surface area contributed by atoms with Crippen LogP contribution in [0.1, 0.15) is 29.4 Å². The van der Waals surface area contributed by atoms with E-state index in [1.165, 1.54) is 11.3 Å². The Bertz CT molecular complexity index is 708. The molecule has 1 aromatic carbocycles. The molecule has 2 heterocycles. The molecule has 25 heavy (non-hydrogen) atoms. The number of piperazine rings is 1. The van der Waals surface area contributed by atoms with E-state index in [1.807, 2.05) is 6.92 Å². The Hall–Kier alpha value is -2.63. The smallest absolute Gasteiger partial charge is 0.271 e. The molecule has 1 saturated heterocycles. The van der Waals surface area contributed by atoms with Gasteiger partial charge in [0.25, 0.3) is 5.91 Å². The predicted octanol–water partition coefficient (Wildman–Crippen LogP) is 2.25. The number of nitrogens with one attached hydrogen (secondary N) is 1. The van der Waals surface area contributed by atoms with Gasteiger partial charge in [-0.15, -0.1) is 0 Å². The third-order valence-corrected chi connectivity index (χ3v) is 4.38. The largest absolute Gasteiger partial charge is 0.368 e. The minimum absolute atomic E-state index is 0.162. The first-order valence-electron chi connectivity index (χ1n) is 8.84. The molecule has 1 aromatic heterocycles. The molecule has 0 saturated carbocycles. The zero-order valence-corrected chi connectivity index (χ0v) is 14.9. The number of carbonyl (C=O) groups excluding carboxylic acids is 1. The number of hydrogen-bond acceptors (Lipinski definition) is 5. The molecule has 1 aliphatic rings. The van der Waals surface area contributed by atoms with Crippen LogP contribution < -0.4 is 15.1 Å². The van der Waals surface area contributed by atoms with Crippen LogP contribution in [0.2, 0.25) is 0 Å². The molecule has 2 aromatic rings. The topological polar surface area (TPSA) is 61.4 Å². The normalized spacial score (nSPS) is 14.5. The lowest BCUT2D eigenvalue weighted by atomic mass is 10.2. The fourth-order valence-electron chi connectivity index (χ4n) is 2.95. The molecule has 6 nitrogen and oxygen atoms in total. The molecule has 6 heteroatoms. The molecule has 3 rings (SSSR count). The highest BCUT2D eigenvalue weighted by atomic mass is 16.1. The van der Waals surface area contributed by atoms with Gasteiger partial charge in [-0.05, 0) is 31.0 Å². The summed E-state index contributed by atoms with van der Waals surface area (Å²) in [5.74, 6) is 0.668. The van der Waals surface area contributed by atoms with Gasteiger partial charge in [0.2, 0.25) is 0 Å². The van der Waals surface area contributed by atoms with E-state index in [0.717, 1.165) is 38.4 Å². The quantitative estimate of drug-likeness (QED) is 0.905. The molecule has 1 aliphatic heterocycles. The van der Waals surface area contributed by atoms with Crippen LogP contribution >= 0.6 is 0 Å². The van der Waals surface area contributed by atoms with E-state index in [4.69, 9.17) is 0 Å². The van der Waals surface area contributed by atoms with Crippen LogP contribution in [0.5, 0.6) is 0 Å². The van der Waals surface area contributed by atoms with Crippen molar-refractivity contribution in [1.82, 2.24) is 15.3 Å². The van der Waals surface area contributed by atoms with Gasteiger partial charge in [0, 0.05) is 38.4 Å². The summed E-state index contributed by atoms with van der Waals surface area (Å²) in [5.41, 5.74) is 2.92. The van der Waals surface area contributed by atoms with Gasteiger partial charge in [0.05, 0.1) is 12.4 Å². The first-order valence-corrected chi connectivity index (χ1v) is 8.84. The van der Waals surface area contributed by atoms with E-state index in [9.17, 15) is 4.79 Å². The van der Waals surface area contributed by atoms with Crippen LogP contribution in [0.4, 0.5) is 11.5 Å². The van der Waals surface area contributed by atoms with Gasteiger partial charge in [0.1, 0.15) is 11.5 Å². The van der Waals surface area contributed by atoms with Crippen molar-refractivity contribution < 1.29 is 4.79 Å². The van der Waals surface area contributed by atoms with Gasteiger partial charge in [-0.3, -0.25) is 4.79 Å². The number of anilines is 2. The Morgan fingerprint density at radius 1 is 1.12 bits per heavy atom. The number of amides is 1. The number of carbonyl (C=O) groups is 1. The number of benzene rings is 1. The van der Waals surface area contributed by atoms with Crippen LogP contribution in [0, 0.1) is 6.92 Å². The van der Waals surface area contributed by atoms with Crippen molar-refractivity contribution in [2.45, 2.75) is 20.3 Å². The SMILES string of the molecule is CCCNC(=O)c1cnc(N2CCN(c3cccc(C)c3)CC2)cn1. The lowest BCUT2D eigenvalue weighted by Gasteiger charge is -2.36. The molecule has 0 spiro atoms. The van der Waals surface area contributed by atoms with Gasteiger partial charge in [-0.2, -0.15) is 0 Å². The number of aryl methyl sites for hydroxylation is 1. The first kappa shape index (κ1) is 17.2. The van der Waals surface area contributed by atoms with Crippen LogP contribution in [-0.4, -0.2) is 48.6 Å². The third kappa shape index (κ3) is 4.26. The van der Waals surface area contributed by atoms with Crippen molar-refractivity contribution >= 4 is 17.4 Å². The second kappa shape index (κ2) is 7.96. The number of aromatic nitrogens is 2.